The number of benzene rings is 1. The number of carbonyl (C=O) groups is 1. The van der Waals surface area contributed by atoms with Gasteiger partial charge in [0, 0.05) is 17.3 Å². The maximum atomic E-state index is 11.7. The minimum Gasteiger partial charge on any atom is -0.365 e. The number of nitrogens with one attached hydrogen (secondary N) is 1. The quantitative estimate of drug-likeness (QED) is 0.486. The molecule has 19 heavy (non-hydrogen) atoms. The number of aryl methyl sites for hydroxylation is 1. The predicted octanol–water partition coefficient (Wildman–Crippen LogP) is 2.43. The molecule has 1 atom stereocenters. The molecule has 0 radical (unpaired) electrons. The Morgan fingerprint density at radius 1 is 1.63 bits per heavy atom. The van der Waals surface area contributed by atoms with Crippen LogP contribution in [0.2, 0.25) is 0 Å². The first kappa shape index (κ1) is 14.8. The minimum absolute atomic E-state index is 0.0301. The van der Waals surface area contributed by atoms with Crippen molar-refractivity contribution in [3.63, 3.8) is 0 Å². The summed E-state index contributed by atoms with van der Waals surface area (Å²) in [4.78, 5) is 22.1. The van der Waals surface area contributed by atoms with E-state index in [4.69, 9.17) is 4.74 Å². The molecule has 6 heteroatoms. The number of hydrogen-bond acceptors (Lipinski definition) is 4. The largest absolute Gasteiger partial charge is 0.365 e. The predicted molar refractivity (Wildman–Crippen MR) is 72.1 cm³/mol. The van der Waals surface area contributed by atoms with Crippen LogP contribution in [0, 0.1) is 17.0 Å². The van der Waals surface area contributed by atoms with Crippen molar-refractivity contribution >= 4 is 17.3 Å². The van der Waals surface area contributed by atoms with E-state index >= 15 is 0 Å². The number of carbonyl (C=O) groups excluding carboxylic acids is 1. The molecule has 1 rings (SSSR count). The zero-order valence-corrected chi connectivity index (χ0v) is 10.9. The summed E-state index contributed by atoms with van der Waals surface area (Å²) in [5.74, 6) is -0.361. The van der Waals surface area contributed by atoms with E-state index in [1.807, 2.05) is 0 Å². The second-order valence-electron chi connectivity index (χ2n) is 4.01. The first-order valence-electron chi connectivity index (χ1n) is 5.74. The first-order valence-corrected chi connectivity index (χ1v) is 5.74. The molecular weight excluding hydrogens is 248 g/mol. The molecule has 0 saturated carbocycles. The van der Waals surface area contributed by atoms with Gasteiger partial charge in [-0.2, -0.15) is 0 Å². The normalized spacial score (nSPS) is 11.7. The zero-order chi connectivity index (χ0) is 14.4. The summed E-state index contributed by atoms with van der Waals surface area (Å²) in [5.41, 5.74) is 0.882. The van der Waals surface area contributed by atoms with E-state index in [0.717, 1.165) is 0 Å². The summed E-state index contributed by atoms with van der Waals surface area (Å²) in [6.07, 6.45) is 0.888. The second kappa shape index (κ2) is 6.65. The van der Waals surface area contributed by atoms with Crippen molar-refractivity contribution in [3.8, 4) is 0 Å². The molecule has 0 aliphatic heterocycles. The number of ether oxygens (including phenoxy) is 1. The van der Waals surface area contributed by atoms with Crippen LogP contribution >= 0.6 is 0 Å². The Labute approximate surface area is 111 Å². The highest BCUT2D eigenvalue weighted by Crippen LogP contribution is 2.22. The molecule has 0 fully saturated rings. The van der Waals surface area contributed by atoms with Crippen molar-refractivity contribution in [2.24, 2.45) is 0 Å². The van der Waals surface area contributed by atoms with E-state index < -0.39 is 11.0 Å². The topological polar surface area (TPSA) is 81.5 Å². The summed E-state index contributed by atoms with van der Waals surface area (Å²) >= 11 is 0. The number of nitrogens with zero attached hydrogens (tertiary/aromatic N) is 1. The number of anilines is 1. The summed E-state index contributed by atoms with van der Waals surface area (Å²) in [6, 6.07) is 4.52. The summed E-state index contributed by atoms with van der Waals surface area (Å²) < 4.78 is 5.16. The van der Waals surface area contributed by atoms with Gasteiger partial charge in [-0.05, 0) is 19.9 Å². The molecule has 6 nitrogen and oxygen atoms in total. The van der Waals surface area contributed by atoms with E-state index in [0.29, 0.717) is 11.3 Å². The van der Waals surface area contributed by atoms with Crippen LogP contribution in [0.5, 0.6) is 0 Å². The Morgan fingerprint density at radius 3 is 2.89 bits per heavy atom. The molecule has 0 aliphatic carbocycles. The monoisotopic (exact) mass is 264 g/mol. The fourth-order valence-electron chi connectivity index (χ4n) is 1.42. The Balaban J connectivity index is 2.77. The molecular formula is C13H16N2O4. The highest BCUT2D eigenvalue weighted by atomic mass is 16.6. The van der Waals surface area contributed by atoms with Gasteiger partial charge >= 0.3 is 0 Å². The van der Waals surface area contributed by atoms with E-state index in [1.54, 1.807) is 32.1 Å². The number of rotatable bonds is 6. The summed E-state index contributed by atoms with van der Waals surface area (Å²) in [7, 11) is 0. The highest BCUT2D eigenvalue weighted by Gasteiger charge is 2.16. The number of nitro benzene ring substituents is 1. The molecule has 0 bridgehead atoms. The minimum atomic E-state index is -0.654. The third-order valence-electron chi connectivity index (χ3n) is 2.51. The van der Waals surface area contributed by atoms with Gasteiger partial charge in [-0.25, -0.2) is 0 Å². The van der Waals surface area contributed by atoms with E-state index in [1.165, 1.54) is 6.07 Å². The Hall–Kier alpha value is -2.21. The fraction of sp³-hybridized carbons (Fsp3) is 0.308. The van der Waals surface area contributed by atoms with Gasteiger partial charge in [0.2, 0.25) is 0 Å². The molecule has 1 amide bonds. The fourth-order valence-corrected chi connectivity index (χ4v) is 1.42. The lowest BCUT2D eigenvalue weighted by Gasteiger charge is -2.12. The molecule has 0 spiro atoms. The van der Waals surface area contributed by atoms with Crippen LogP contribution in [0.15, 0.2) is 30.9 Å². The van der Waals surface area contributed by atoms with Crippen LogP contribution in [0.4, 0.5) is 11.4 Å². The maximum Gasteiger partial charge on any atom is 0.274 e. The van der Waals surface area contributed by atoms with Crippen molar-refractivity contribution in [2.45, 2.75) is 20.0 Å². The summed E-state index contributed by atoms with van der Waals surface area (Å²) in [5, 5.41) is 13.4. The van der Waals surface area contributed by atoms with Gasteiger partial charge < -0.3 is 10.1 Å². The molecule has 1 aromatic carbocycles. The first-order chi connectivity index (χ1) is 8.95. The maximum absolute atomic E-state index is 11.7. The van der Waals surface area contributed by atoms with Gasteiger partial charge in [-0.15, -0.1) is 6.58 Å². The molecule has 102 valence electrons. The average Bonchev–Trinajstić information content (AvgIpc) is 2.37. The van der Waals surface area contributed by atoms with Crippen LogP contribution < -0.4 is 5.32 Å². The van der Waals surface area contributed by atoms with Gasteiger partial charge in [0.05, 0.1) is 11.5 Å². The van der Waals surface area contributed by atoms with E-state index in [2.05, 4.69) is 11.9 Å². The molecule has 0 aliphatic rings. The van der Waals surface area contributed by atoms with Gasteiger partial charge in [0.15, 0.2) is 0 Å². The third-order valence-corrected chi connectivity index (χ3v) is 2.51. The molecule has 0 unspecified atom stereocenters. The highest BCUT2D eigenvalue weighted by molar-refractivity contribution is 5.94. The molecule has 0 aromatic heterocycles. The van der Waals surface area contributed by atoms with Crippen LogP contribution in [0.1, 0.15) is 12.5 Å². The third kappa shape index (κ3) is 4.18. The Bertz CT molecular complexity index is 499. The smallest absolute Gasteiger partial charge is 0.274 e. The van der Waals surface area contributed by atoms with Gasteiger partial charge in [0.1, 0.15) is 6.10 Å². The zero-order valence-electron chi connectivity index (χ0n) is 10.9. The van der Waals surface area contributed by atoms with Crippen LogP contribution in [-0.2, 0) is 9.53 Å². The standard InChI is InChI=1S/C13H16N2O4/c1-4-7-19-10(3)13(16)14-11-6-5-9(2)12(8-11)15(17)18/h4-6,8,10H,1,7H2,2-3H3,(H,14,16)/t10-/m1/s1. The van der Waals surface area contributed by atoms with Crippen molar-refractivity contribution < 1.29 is 14.5 Å². The number of amides is 1. The van der Waals surface area contributed by atoms with Crippen molar-refractivity contribution in [3.05, 3.63) is 46.5 Å². The van der Waals surface area contributed by atoms with Gasteiger partial charge in [0.25, 0.3) is 11.6 Å². The lowest BCUT2D eigenvalue weighted by molar-refractivity contribution is -0.385. The molecule has 0 saturated heterocycles. The van der Waals surface area contributed by atoms with E-state index in [9.17, 15) is 14.9 Å². The van der Waals surface area contributed by atoms with Crippen molar-refractivity contribution in [1.29, 1.82) is 0 Å². The van der Waals surface area contributed by atoms with Crippen molar-refractivity contribution in [2.75, 3.05) is 11.9 Å². The molecule has 0 heterocycles. The lowest BCUT2D eigenvalue weighted by Crippen LogP contribution is -2.27. The van der Waals surface area contributed by atoms with E-state index in [-0.39, 0.29) is 18.2 Å². The van der Waals surface area contributed by atoms with Crippen molar-refractivity contribution in [1.82, 2.24) is 0 Å². The van der Waals surface area contributed by atoms with Gasteiger partial charge in [-0.1, -0.05) is 12.1 Å². The van der Waals surface area contributed by atoms with Gasteiger partial charge in [-0.3, -0.25) is 14.9 Å². The van der Waals surface area contributed by atoms with Crippen LogP contribution in [0.3, 0.4) is 0 Å². The average molecular weight is 264 g/mol. The van der Waals surface area contributed by atoms with Crippen LogP contribution in [0.25, 0.3) is 0 Å². The SMILES string of the molecule is C=CCO[C@H](C)C(=O)Nc1ccc(C)c([N+](=O)[O-])c1. The Morgan fingerprint density at radius 2 is 2.32 bits per heavy atom. The summed E-state index contributed by atoms with van der Waals surface area (Å²) in [6.45, 7) is 6.99. The van der Waals surface area contributed by atoms with Crippen LogP contribution in [-0.4, -0.2) is 23.5 Å². The Kier molecular flexibility index (Phi) is 5.20. The second-order valence-corrected chi connectivity index (χ2v) is 4.01. The lowest BCUT2D eigenvalue weighted by atomic mass is 10.2. The number of nitro groups is 1. The molecule has 1 aromatic rings. The molecule has 1 N–H and O–H groups in total. The number of hydrogen-bond donors (Lipinski definition) is 1.